The summed E-state index contributed by atoms with van der Waals surface area (Å²) in [5.41, 5.74) is 0.900. The predicted octanol–water partition coefficient (Wildman–Crippen LogP) is 2.52. The number of ether oxygens (including phenoxy) is 2. The molecule has 1 unspecified atom stereocenters. The van der Waals surface area contributed by atoms with Crippen LogP contribution in [0.5, 0.6) is 0 Å². The lowest BCUT2D eigenvalue weighted by atomic mass is 10.2. The monoisotopic (exact) mass is 215 g/mol. The molecule has 0 aliphatic carbocycles. The third-order valence-corrected chi connectivity index (χ3v) is 2.79. The first kappa shape index (κ1) is 9.60. The fourth-order valence-corrected chi connectivity index (χ4v) is 2.01. The molecule has 3 heterocycles. The van der Waals surface area contributed by atoms with E-state index in [-0.39, 0.29) is 0 Å². The molecule has 1 spiro atoms. The van der Waals surface area contributed by atoms with Crippen LogP contribution in [0, 0.1) is 0 Å². The fraction of sp³-hybridized carbons (Fsp3) is 0.308. The maximum absolute atomic E-state index is 5.80. The largest absolute Gasteiger partial charge is 0.459 e. The first-order valence-corrected chi connectivity index (χ1v) is 5.51. The lowest BCUT2D eigenvalue weighted by Crippen LogP contribution is -2.24. The second-order valence-corrected chi connectivity index (χ2v) is 4.00. The van der Waals surface area contributed by atoms with Gasteiger partial charge in [0.25, 0.3) is 0 Å². The van der Waals surface area contributed by atoms with Crippen molar-refractivity contribution in [3.8, 4) is 0 Å². The summed E-state index contributed by atoms with van der Waals surface area (Å²) in [5, 5.41) is 0. The van der Waals surface area contributed by atoms with Crippen LogP contribution in [0.1, 0.15) is 18.5 Å². The molecule has 1 atom stereocenters. The number of rotatable bonds is 1. The van der Waals surface area contributed by atoms with E-state index in [1.54, 1.807) is 6.20 Å². The van der Waals surface area contributed by atoms with Gasteiger partial charge in [0, 0.05) is 18.7 Å². The lowest BCUT2D eigenvalue weighted by Gasteiger charge is -2.20. The Labute approximate surface area is 94.4 Å². The second kappa shape index (κ2) is 3.76. The van der Waals surface area contributed by atoms with E-state index in [1.807, 2.05) is 36.4 Å². The normalized spacial score (nSPS) is 30.1. The van der Waals surface area contributed by atoms with Crippen LogP contribution >= 0.6 is 0 Å². The Morgan fingerprint density at radius 2 is 2.38 bits per heavy atom. The van der Waals surface area contributed by atoms with Gasteiger partial charge in [0.2, 0.25) is 5.79 Å². The highest BCUT2D eigenvalue weighted by molar-refractivity contribution is 5.51. The Hall–Kier alpha value is -1.61. The van der Waals surface area contributed by atoms with Crippen molar-refractivity contribution in [1.82, 2.24) is 4.98 Å². The van der Waals surface area contributed by atoms with Crippen LogP contribution in [0.25, 0.3) is 6.08 Å². The van der Waals surface area contributed by atoms with E-state index in [4.69, 9.17) is 9.47 Å². The van der Waals surface area contributed by atoms with Crippen LogP contribution in [-0.2, 0) is 9.47 Å². The molecule has 1 fully saturated rings. The summed E-state index contributed by atoms with van der Waals surface area (Å²) in [4.78, 5) is 4.23. The molecule has 16 heavy (non-hydrogen) atoms. The minimum Gasteiger partial charge on any atom is -0.459 e. The Bertz CT molecular complexity index is 431. The van der Waals surface area contributed by atoms with Crippen molar-refractivity contribution in [2.24, 2.45) is 0 Å². The Kier molecular flexibility index (Phi) is 2.26. The average molecular weight is 215 g/mol. The number of allylic oxidation sites excluding steroid dienone is 1. The molecule has 1 aromatic heterocycles. The topological polar surface area (TPSA) is 31.4 Å². The molecule has 1 aromatic rings. The van der Waals surface area contributed by atoms with E-state index < -0.39 is 5.79 Å². The van der Waals surface area contributed by atoms with Crippen molar-refractivity contribution >= 4 is 6.08 Å². The molecule has 3 rings (SSSR count). The molecule has 0 saturated carbocycles. The number of pyridine rings is 1. The quantitative estimate of drug-likeness (QED) is 0.721. The molecule has 0 aromatic carbocycles. The number of nitrogens with zero attached hydrogens (tertiary/aromatic N) is 1. The summed E-state index contributed by atoms with van der Waals surface area (Å²) in [6, 6.07) is 5.81. The minimum atomic E-state index is -0.486. The smallest absolute Gasteiger partial charge is 0.230 e. The van der Waals surface area contributed by atoms with Crippen molar-refractivity contribution in [3.63, 3.8) is 0 Å². The highest BCUT2D eigenvalue weighted by Gasteiger charge is 2.38. The van der Waals surface area contributed by atoms with Gasteiger partial charge in [-0.25, -0.2) is 0 Å². The van der Waals surface area contributed by atoms with Crippen LogP contribution in [-0.4, -0.2) is 17.4 Å². The molecule has 0 bridgehead atoms. The van der Waals surface area contributed by atoms with E-state index in [0.717, 1.165) is 30.9 Å². The van der Waals surface area contributed by atoms with Crippen molar-refractivity contribution in [2.75, 3.05) is 6.61 Å². The molecule has 2 aliphatic heterocycles. The number of aromatic nitrogens is 1. The maximum Gasteiger partial charge on any atom is 0.230 e. The zero-order chi connectivity index (χ0) is 10.8. The Morgan fingerprint density at radius 3 is 3.12 bits per heavy atom. The van der Waals surface area contributed by atoms with Crippen LogP contribution in [0.3, 0.4) is 0 Å². The van der Waals surface area contributed by atoms with Crippen molar-refractivity contribution in [1.29, 1.82) is 0 Å². The first-order chi connectivity index (χ1) is 7.86. The van der Waals surface area contributed by atoms with Crippen molar-refractivity contribution in [3.05, 3.63) is 48.0 Å². The summed E-state index contributed by atoms with van der Waals surface area (Å²) >= 11 is 0. The molecule has 3 nitrogen and oxygen atoms in total. The Morgan fingerprint density at radius 1 is 1.38 bits per heavy atom. The number of hydrogen-bond donors (Lipinski definition) is 0. The molecule has 82 valence electrons. The van der Waals surface area contributed by atoms with Gasteiger partial charge in [-0.05, 0) is 30.7 Å². The average Bonchev–Trinajstić information content (AvgIpc) is 2.92. The zero-order valence-corrected chi connectivity index (χ0v) is 8.93. The highest BCUT2D eigenvalue weighted by atomic mass is 16.7. The standard InChI is InChI=1S/C13H13NO2/c1-2-8-14-11(4-1)10-12-5-7-13(16-12)6-3-9-15-13/h1-2,4-5,7-8,10H,3,6,9H2/b12-10+. The molecule has 0 amide bonds. The van der Waals surface area contributed by atoms with Gasteiger partial charge in [-0.1, -0.05) is 6.07 Å². The van der Waals surface area contributed by atoms with E-state index >= 15 is 0 Å². The van der Waals surface area contributed by atoms with E-state index in [2.05, 4.69) is 4.98 Å². The van der Waals surface area contributed by atoms with Crippen LogP contribution in [0.15, 0.2) is 42.3 Å². The summed E-state index contributed by atoms with van der Waals surface area (Å²) in [7, 11) is 0. The van der Waals surface area contributed by atoms with Gasteiger partial charge >= 0.3 is 0 Å². The zero-order valence-electron chi connectivity index (χ0n) is 8.93. The lowest BCUT2D eigenvalue weighted by molar-refractivity contribution is -0.135. The third-order valence-electron chi connectivity index (χ3n) is 2.79. The van der Waals surface area contributed by atoms with Crippen LogP contribution in [0.4, 0.5) is 0 Å². The summed E-state index contributed by atoms with van der Waals surface area (Å²) < 4.78 is 11.4. The van der Waals surface area contributed by atoms with Gasteiger partial charge in [-0.15, -0.1) is 0 Å². The molecule has 0 radical (unpaired) electrons. The van der Waals surface area contributed by atoms with Gasteiger partial charge in [0.1, 0.15) is 5.76 Å². The minimum absolute atomic E-state index is 0.486. The number of hydrogen-bond acceptors (Lipinski definition) is 3. The molecule has 0 N–H and O–H groups in total. The van der Waals surface area contributed by atoms with Gasteiger partial charge in [-0.3, -0.25) is 4.98 Å². The maximum atomic E-state index is 5.80. The fourth-order valence-electron chi connectivity index (χ4n) is 2.01. The van der Waals surface area contributed by atoms with Gasteiger partial charge in [0.15, 0.2) is 0 Å². The predicted molar refractivity (Wildman–Crippen MR) is 60.4 cm³/mol. The van der Waals surface area contributed by atoms with Gasteiger partial charge < -0.3 is 9.47 Å². The Balaban J connectivity index is 1.80. The molecular formula is C13H13NO2. The SMILES string of the molecule is C1=CC2(CCCO2)O/C1=C/c1ccccn1. The van der Waals surface area contributed by atoms with Crippen LogP contribution < -0.4 is 0 Å². The van der Waals surface area contributed by atoms with E-state index in [1.165, 1.54) is 0 Å². The van der Waals surface area contributed by atoms with E-state index in [9.17, 15) is 0 Å². The molecule has 2 aliphatic rings. The molecular weight excluding hydrogens is 202 g/mol. The van der Waals surface area contributed by atoms with Crippen molar-refractivity contribution < 1.29 is 9.47 Å². The summed E-state index contributed by atoms with van der Waals surface area (Å²) in [6.45, 7) is 0.779. The van der Waals surface area contributed by atoms with Crippen molar-refractivity contribution in [2.45, 2.75) is 18.6 Å². The molecule has 1 saturated heterocycles. The highest BCUT2D eigenvalue weighted by Crippen LogP contribution is 2.36. The second-order valence-electron chi connectivity index (χ2n) is 4.00. The molecule has 3 heteroatoms. The van der Waals surface area contributed by atoms with Crippen LogP contribution in [0.2, 0.25) is 0 Å². The van der Waals surface area contributed by atoms with Gasteiger partial charge in [-0.2, -0.15) is 0 Å². The van der Waals surface area contributed by atoms with E-state index in [0.29, 0.717) is 0 Å². The summed E-state index contributed by atoms with van der Waals surface area (Å²) in [5.74, 6) is 0.334. The first-order valence-electron chi connectivity index (χ1n) is 5.51. The third kappa shape index (κ3) is 1.74. The summed E-state index contributed by atoms with van der Waals surface area (Å²) in [6.07, 6.45) is 9.64. The van der Waals surface area contributed by atoms with Gasteiger partial charge in [0.05, 0.1) is 12.3 Å².